The molecule has 4 rings (SSSR count). The Hall–Kier alpha value is -2.92. The molecule has 4 nitrogen and oxygen atoms in total. The first-order valence-electron chi connectivity index (χ1n) is 7.10. The van der Waals surface area contributed by atoms with Crippen molar-refractivity contribution in [2.45, 2.75) is 0 Å². The standard InChI is InChI=1S/C18H12N2O2S/c21-18(22)15-11-14-17(23-15)20(13-9-5-2-6-10-13)16(19-14)12-7-3-1-4-8-12/h1-11H,(H,21,22). The average molecular weight is 320 g/mol. The molecule has 0 aliphatic heterocycles. The Kier molecular flexibility index (Phi) is 3.20. The van der Waals surface area contributed by atoms with Gasteiger partial charge >= 0.3 is 5.97 Å². The molecule has 112 valence electrons. The van der Waals surface area contributed by atoms with E-state index in [0.717, 1.165) is 21.9 Å². The Morgan fingerprint density at radius 1 is 1.00 bits per heavy atom. The van der Waals surface area contributed by atoms with E-state index in [1.54, 1.807) is 6.07 Å². The Balaban J connectivity index is 2.03. The van der Waals surface area contributed by atoms with Gasteiger partial charge in [0.15, 0.2) is 0 Å². The summed E-state index contributed by atoms with van der Waals surface area (Å²) in [7, 11) is 0. The molecule has 0 unspecified atom stereocenters. The number of carboxylic acid groups (broad SMARTS) is 1. The van der Waals surface area contributed by atoms with E-state index in [1.165, 1.54) is 11.3 Å². The molecule has 0 atom stereocenters. The maximum Gasteiger partial charge on any atom is 0.346 e. The van der Waals surface area contributed by atoms with Gasteiger partial charge in [0, 0.05) is 11.3 Å². The van der Waals surface area contributed by atoms with Crippen molar-refractivity contribution in [2.75, 3.05) is 0 Å². The molecule has 0 saturated carbocycles. The van der Waals surface area contributed by atoms with E-state index >= 15 is 0 Å². The zero-order chi connectivity index (χ0) is 15.8. The van der Waals surface area contributed by atoms with Gasteiger partial charge in [-0.3, -0.25) is 4.57 Å². The second-order valence-corrected chi connectivity index (χ2v) is 6.11. The minimum absolute atomic E-state index is 0.298. The number of fused-ring (bicyclic) bond motifs is 1. The summed E-state index contributed by atoms with van der Waals surface area (Å²) in [6, 6.07) is 21.4. The Bertz CT molecular complexity index is 988. The van der Waals surface area contributed by atoms with Crippen molar-refractivity contribution in [3.63, 3.8) is 0 Å². The topological polar surface area (TPSA) is 55.1 Å². The molecule has 2 aromatic carbocycles. The lowest BCUT2D eigenvalue weighted by atomic mass is 10.2. The number of imidazole rings is 1. The quantitative estimate of drug-likeness (QED) is 0.606. The number of nitrogens with zero attached hydrogens (tertiary/aromatic N) is 2. The van der Waals surface area contributed by atoms with Crippen LogP contribution in [-0.4, -0.2) is 20.6 Å². The Labute approximate surface area is 136 Å². The first kappa shape index (κ1) is 13.7. The Morgan fingerprint density at radius 3 is 2.30 bits per heavy atom. The van der Waals surface area contributed by atoms with Crippen LogP contribution in [0.5, 0.6) is 0 Å². The lowest BCUT2D eigenvalue weighted by Gasteiger charge is -2.08. The zero-order valence-electron chi connectivity index (χ0n) is 12.0. The first-order valence-corrected chi connectivity index (χ1v) is 7.92. The van der Waals surface area contributed by atoms with E-state index in [0.29, 0.717) is 10.4 Å². The van der Waals surface area contributed by atoms with Crippen molar-refractivity contribution in [1.82, 2.24) is 9.55 Å². The summed E-state index contributed by atoms with van der Waals surface area (Å²) in [5, 5.41) is 9.23. The van der Waals surface area contributed by atoms with Gasteiger partial charge in [0.2, 0.25) is 0 Å². The average Bonchev–Trinajstić information content (AvgIpc) is 3.14. The summed E-state index contributed by atoms with van der Waals surface area (Å²) < 4.78 is 2.02. The van der Waals surface area contributed by atoms with Crippen LogP contribution in [0.4, 0.5) is 0 Å². The maximum absolute atomic E-state index is 11.2. The molecular formula is C18H12N2O2S. The molecule has 5 heteroatoms. The first-order chi connectivity index (χ1) is 11.2. The van der Waals surface area contributed by atoms with Gasteiger partial charge in [0.25, 0.3) is 0 Å². The lowest BCUT2D eigenvalue weighted by molar-refractivity contribution is 0.0702. The highest BCUT2D eigenvalue weighted by atomic mass is 32.1. The largest absolute Gasteiger partial charge is 0.477 e. The van der Waals surface area contributed by atoms with Crippen molar-refractivity contribution in [1.29, 1.82) is 0 Å². The number of hydrogen-bond donors (Lipinski definition) is 1. The molecule has 0 radical (unpaired) electrons. The Morgan fingerprint density at radius 2 is 1.65 bits per heavy atom. The van der Waals surface area contributed by atoms with E-state index in [9.17, 15) is 9.90 Å². The number of thiophene rings is 1. The monoisotopic (exact) mass is 320 g/mol. The molecule has 0 bridgehead atoms. The van der Waals surface area contributed by atoms with Crippen LogP contribution in [0.25, 0.3) is 27.4 Å². The molecule has 2 heterocycles. The molecule has 1 N–H and O–H groups in total. The molecule has 23 heavy (non-hydrogen) atoms. The number of carbonyl (C=O) groups is 1. The van der Waals surface area contributed by atoms with Gasteiger partial charge in [0.1, 0.15) is 21.0 Å². The normalized spacial score (nSPS) is 11.0. The molecule has 0 saturated heterocycles. The van der Waals surface area contributed by atoms with E-state index in [4.69, 9.17) is 0 Å². The zero-order valence-corrected chi connectivity index (χ0v) is 12.8. The second-order valence-electron chi connectivity index (χ2n) is 5.08. The van der Waals surface area contributed by atoms with Crippen LogP contribution < -0.4 is 0 Å². The number of benzene rings is 2. The number of carboxylic acids is 1. The van der Waals surface area contributed by atoms with Gasteiger partial charge in [-0.2, -0.15) is 0 Å². The summed E-state index contributed by atoms with van der Waals surface area (Å²) >= 11 is 1.24. The molecule has 0 aliphatic carbocycles. The minimum Gasteiger partial charge on any atom is -0.477 e. The van der Waals surface area contributed by atoms with Crippen molar-refractivity contribution >= 4 is 27.7 Å². The summed E-state index contributed by atoms with van der Waals surface area (Å²) in [6.07, 6.45) is 0. The molecular weight excluding hydrogens is 308 g/mol. The fraction of sp³-hybridized carbons (Fsp3) is 0. The lowest BCUT2D eigenvalue weighted by Crippen LogP contribution is -1.97. The van der Waals surface area contributed by atoms with Crippen LogP contribution in [0.3, 0.4) is 0 Å². The van der Waals surface area contributed by atoms with Crippen LogP contribution in [0.1, 0.15) is 9.67 Å². The number of hydrogen-bond acceptors (Lipinski definition) is 3. The van der Waals surface area contributed by atoms with E-state index in [1.807, 2.05) is 65.2 Å². The number of aromatic carboxylic acids is 1. The third-order valence-electron chi connectivity index (χ3n) is 3.59. The van der Waals surface area contributed by atoms with Gasteiger partial charge in [-0.05, 0) is 18.2 Å². The van der Waals surface area contributed by atoms with Crippen molar-refractivity contribution in [3.05, 3.63) is 71.6 Å². The van der Waals surface area contributed by atoms with Crippen LogP contribution in [-0.2, 0) is 0 Å². The van der Waals surface area contributed by atoms with Gasteiger partial charge in [-0.1, -0.05) is 48.5 Å². The minimum atomic E-state index is -0.922. The van der Waals surface area contributed by atoms with Crippen LogP contribution in [0.15, 0.2) is 66.7 Å². The van der Waals surface area contributed by atoms with Crippen LogP contribution >= 0.6 is 11.3 Å². The second kappa shape index (κ2) is 5.37. The molecule has 2 aromatic heterocycles. The summed E-state index contributed by atoms with van der Waals surface area (Å²) in [6.45, 7) is 0. The van der Waals surface area contributed by atoms with E-state index in [-0.39, 0.29) is 0 Å². The smallest absolute Gasteiger partial charge is 0.346 e. The number of aromatic nitrogens is 2. The van der Waals surface area contributed by atoms with Gasteiger partial charge in [-0.25, -0.2) is 9.78 Å². The van der Waals surface area contributed by atoms with E-state index < -0.39 is 5.97 Å². The van der Waals surface area contributed by atoms with Crippen molar-refractivity contribution < 1.29 is 9.90 Å². The highest BCUT2D eigenvalue weighted by Gasteiger charge is 2.19. The number of rotatable bonds is 3. The van der Waals surface area contributed by atoms with Crippen molar-refractivity contribution in [3.8, 4) is 17.1 Å². The van der Waals surface area contributed by atoms with Crippen LogP contribution in [0, 0.1) is 0 Å². The molecule has 4 aromatic rings. The fourth-order valence-corrected chi connectivity index (χ4v) is 3.53. The molecule has 0 amide bonds. The highest BCUT2D eigenvalue weighted by molar-refractivity contribution is 7.20. The predicted octanol–water partition coefficient (Wildman–Crippen LogP) is 4.45. The van der Waals surface area contributed by atoms with Gasteiger partial charge in [0.05, 0.1) is 0 Å². The molecule has 0 aliphatic rings. The number of para-hydroxylation sites is 1. The van der Waals surface area contributed by atoms with Gasteiger partial charge in [-0.15, -0.1) is 11.3 Å². The third kappa shape index (κ3) is 2.31. The van der Waals surface area contributed by atoms with Crippen LogP contribution in [0.2, 0.25) is 0 Å². The van der Waals surface area contributed by atoms with Gasteiger partial charge < -0.3 is 5.11 Å². The molecule has 0 spiro atoms. The van der Waals surface area contributed by atoms with Crippen molar-refractivity contribution in [2.24, 2.45) is 0 Å². The van der Waals surface area contributed by atoms with E-state index in [2.05, 4.69) is 4.98 Å². The summed E-state index contributed by atoms with van der Waals surface area (Å²) in [5.74, 6) is -0.108. The summed E-state index contributed by atoms with van der Waals surface area (Å²) in [4.78, 5) is 17.1. The predicted molar refractivity (Wildman–Crippen MR) is 91.3 cm³/mol. The SMILES string of the molecule is O=C(O)c1cc2nc(-c3ccccc3)n(-c3ccccc3)c2s1. The summed E-state index contributed by atoms with van der Waals surface area (Å²) in [5.41, 5.74) is 2.67. The molecule has 0 fully saturated rings. The highest BCUT2D eigenvalue weighted by Crippen LogP contribution is 2.33. The fourth-order valence-electron chi connectivity index (χ4n) is 2.58. The third-order valence-corrected chi connectivity index (χ3v) is 4.69. The maximum atomic E-state index is 11.2.